The quantitative estimate of drug-likeness (QED) is 0.426. The molecule has 0 unspecified atom stereocenters. The van der Waals surface area contributed by atoms with Crippen molar-refractivity contribution in [2.24, 2.45) is 0 Å². The predicted octanol–water partition coefficient (Wildman–Crippen LogP) is 3.85. The molecule has 0 saturated heterocycles. The van der Waals surface area contributed by atoms with Gasteiger partial charge < -0.3 is 14.8 Å². The van der Waals surface area contributed by atoms with Gasteiger partial charge in [0.1, 0.15) is 6.61 Å². The first-order chi connectivity index (χ1) is 12.0. The van der Waals surface area contributed by atoms with Crippen LogP contribution in [-0.2, 0) is 13.1 Å². The molecular formula is C19H22N2O4. The van der Waals surface area contributed by atoms with Gasteiger partial charge in [-0.1, -0.05) is 30.8 Å². The number of nitro groups is 1. The van der Waals surface area contributed by atoms with Gasteiger partial charge in [-0.3, -0.25) is 10.1 Å². The molecule has 132 valence electrons. The van der Waals surface area contributed by atoms with Gasteiger partial charge in [-0.2, -0.15) is 0 Å². The van der Waals surface area contributed by atoms with Gasteiger partial charge >= 0.3 is 0 Å². The Balaban J connectivity index is 2.02. The van der Waals surface area contributed by atoms with Crippen molar-refractivity contribution < 1.29 is 14.4 Å². The zero-order chi connectivity index (χ0) is 18.2. The van der Waals surface area contributed by atoms with Gasteiger partial charge in [0.05, 0.1) is 12.0 Å². The van der Waals surface area contributed by atoms with E-state index in [1.165, 1.54) is 6.07 Å². The van der Waals surface area contributed by atoms with Gasteiger partial charge in [0.15, 0.2) is 11.5 Å². The van der Waals surface area contributed by atoms with Crippen LogP contribution < -0.4 is 14.8 Å². The molecule has 1 N–H and O–H groups in total. The standard InChI is InChI=1S/C19H22N2O4/c1-14(2)13-25-19-10-15(8-9-18(19)24-3)11-20-12-16-6-4-5-7-17(16)21(22)23/h4-10,20H,1,11-13H2,2-3H3. The SMILES string of the molecule is C=C(C)COc1cc(CNCc2ccccc2[N+](=O)[O-])ccc1OC. The summed E-state index contributed by atoms with van der Waals surface area (Å²) in [5.74, 6) is 1.30. The van der Waals surface area contributed by atoms with E-state index in [4.69, 9.17) is 9.47 Å². The van der Waals surface area contributed by atoms with Crippen LogP contribution in [-0.4, -0.2) is 18.6 Å². The summed E-state index contributed by atoms with van der Waals surface area (Å²) in [5.41, 5.74) is 2.69. The van der Waals surface area contributed by atoms with E-state index < -0.39 is 0 Å². The molecule has 0 atom stereocenters. The van der Waals surface area contributed by atoms with Crippen LogP contribution in [0.2, 0.25) is 0 Å². The van der Waals surface area contributed by atoms with Crippen molar-refractivity contribution in [3.63, 3.8) is 0 Å². The van der Waals surface area contributed by atoms with Crippen molar-refractivity contribution in [1.82, 2.24) is 5.32 Å². The number of benzene rings is 2. The predicted molar refractivity (Wildman–Crippen MR) is 96.9 cm³/mol. The van der Waals surface area contributed by atoms with Crippen molar-refractivity contribution in [2.45, 2.75) is 20.0 Å². The van der Waals surface area contributed by atoms with E-state index in [2.05, 4.69) is 11.9 Å². The number of nitrogens with one attached hydrogen (secondary N) is 1. The lowest BCUT2D eigenvalue weighted by Crippen LogP contribution is -2.14. The number of hydrogen-bond acceptors (Lipinski definition) is 5. The summed E-state index contributed by atoms with van der Waals surface area (Å²) in [5, 5.41) is 14.3. The largest absolute Gasteiger partial charge is 0.493 e. The van der Waals surface area contributed by atoms with Crippen LogP contribution in [0.25, 0.3) is 0 Å². The fourth-order valence-corrected chi connectivity index (χ4v) is 2.32. The lowest BCUT2D eigenvalue weighted by atomic mass is 10.1. The highest BCUT2D eigenvalue weighted by Crippen LogP contribution is 2.28. The number of nitrogens with zero attached hydrogens (tertiary/aromatic N) is 1. The van der Waals surface area contributed by atoms with Crippen LogP contribution in [0.3, 0.4) is 0 Å². The molecule has 0 aromatic heterocycles. The van der Waals surface area contributed by atoms with Gasteiger partial charge in [-0.05, 0) is 30.2 Å². The molecule has 0 aliphatic heterocycles. The third kappa shape index (κ3) is 5.32. The van der Waals surface area contributed by atoms with E-state index in [1.807, 2.05) is 25.1 Å². The van der Waals surface area contributed by atoms with Crippen LogP contribution in [0.5, 0.6) is 11.5 Å². The van der Waals surface area contributed by atoms with Crippen molar-refractivity contribution in [3.05, 3.63) is 75.9 Å². The Labute approximate surface area is 147 Å². The summed E-state index contributed by atoms with van der Waals surface area (Å²) in [4.78, 5) is 10.7. The molecule has 0 aliphatic rings. The zero-order valence-corrected chi connectivity index (χ0v) is 14.5. The van der Waals surface area contributed by atoms with Gasteiger partial charge in [-0.25, -0.2) is 0 Å². The third-order valence-corrected chi connectivity index (χ3v) is 3.53. The monoisotopic (exact) mass is 342 g/mol. The highest BCUT2D eigenvalue weighted by molar-refractivity contribution is 5.43. The third-order valence-electron chi connectivity index (χ3n) is 3.53. The number of methoxy groups -OCH3 is 1. The number of para-hydroxylation sites is 1. The van der Waals surface area contributed by atoms with Crippen LogP contribution in [0.1, 0.15) is 18.1 Å². The van der Waals surface area contributed by atoms with Gasteiger partial charge in [-0.15, -0.1) is 0 Å². The maximum Gasteiger partial charge on any atom is 0.273 e. The maximum absolute atomic E-state index is 11.0. The molecule has 0 aliphatic carbocycles. The Bertz CT molecular complexity index is 759. The Morgan fingerprint density at radius 3 is 2.64 bits per heavy atom. The lowest BCUT2D eigenvalue weighted by Gasteiger charge is -2.13. The molecule has 0 heterocycles. The second-order valence-corrected chi connectivity index (χ2v) is 5.72. The van der Waals surface area contributed by atoms with Crippen molar-refractivity contribution in [2.75, 3.05) is 13.7 Å². The summed E-state index contributed by atoms with van der Waals surface area (Å²) >= 11 is 0. The van der Waals surface area contributed by atoms with E-state index in [9.17, 15) is 10.1 Å². The molecule has 25 heavy (non-hydrogen) atoms. The summed E-state index contributed by atoms with van der Waals surface area (Å²) < 4.78 is 11.0. The number of ether oxygens (including phenoxy) is 2. The number of nitro benzene ring substituents is 1. The summed E-state index contributed by atoms with van der Waals surface area (Å²) in [6.45, 7) is 7.10. The minimum atomic E-state index is -0.367. The Kier molecular flexibility index (Phi) is 6.54. The molecule has 6 nitrogen and oxygen atoms in total. The Morgan fingerprint density at radius 2 is 1.96 bits per heavy atom. The number of rotatable bonds is 9. The van der Waals surface area contributed by atoms with Crippen molar-refractivity contribution >= 4 is 5.69 Å². The summed E-state index contributed by atoms with van der Waals surface area (Å²) in [6, 6.07) is 12.4. The maximum atomic E-state index is 11.0. The van der Waals surface area contributed by atoms with E-state index in [0.717, 1.165) is 11.1 Å². The van der Waals surface area contributed by atoms with E-state index in [1.54, 1.807) is 25.3 Å². The van der Waals surface area contributed by atoms with Gasteiger partial charge in [0.25, 0.3) is 5.69 Å². The first-order valence-electron chi connectivity index (χ1n) is 7.88. The molecule has 2 aromatic rings. The lowest BCUT2D eigenvalue weighted by molar-refractivity contribution is -0.385. The van der Waals surface area contributed by atoms with Gasteiger partial charge in [0, 0.05) is 24.7 Å². The van der Waals surface area contributed by atoms with Crippen LogP contribution in [0, 0.1) is 10.1 Å². The minimum absolute atomic E-state index is 0.121. The molecule has 0 amide bonds. The van der Waals surface area contributed by atoms with E-state index in [0.29, 0.717) is 36.8 Å². The second kappa shape index (κ2) is 8.84. The zero-order valence-electron chi connectivity index (χ0n) is 14.5. The minimum Gasteiger partial charge on any atom is -0.493 e. The first-order valence-corrected chi connectivity index (χ1v) is 7.88. The average molecular weight is 342 g/mol. The average Bonchev–Trinajstić information content (AvgIpc) is 2.60. The molecule has 0 bridgehead atoms. The molecule has 0 saturated carbocycles. The normalized spacial score (nSPS) is 10.3. The summed E-state index contributed by atoms with van der Waals surface area (Å²) in [7, 11) is 1.59. The van der Waals surface area contributed by atoms with Crippen LogP contribution in [0.4, 0.5) is 5.69 Å². The first kappa shape index (κ1) is 18.5. The highest BCUT2D eigenvalue weighted by Gasteiger charge is 2.12. The molecule has 0 radical (unpaired) electrons. The Morgan fingerprint density at radius 1 is 1.20 bits per heavy atom. The number of hydrogen-bond donors (Lipinski definition) is 1. The molecular weight excluding hydrogens is 320 g/mol. The van der Waals surface area contributed by atoms with E-state index in [-0.39, 0.29) is 10.6 Å². The smallest absolute Gasteiger partial charge is 0.273 e. The van der Waals surface area contributed by atoms with Crippen molar-refractivity contribution in [1.29, 1.82) is 0 Å². The molecule has 0 fully saturated rings. The summed E-state index contributed by atoms with van der Waals surface area (Å²) in [6.07, 6.45) is 0. The fraction of sp³-hybridized carbons (Fsp3) is 0.263. The second-order valence-electron chi connectivity index (χ2n) is 5.72. The van der Waals surface area contributed by atoms with Crippen LogP contribution in [0.15, 0.2) is 54.6 Å². The topological polar surface area (TPSA) is 73.6 Å². The Hall–Kier alpha value is -2.86. The highest BCUT2D eigenvalue weighted by atomic mass is 16.6. The van der Waals surface area contributed by atoms with Crippen molar-refractivity contribution in [3.8, 4) is 11.5 Å². The van der Waals surface area contributed by atoms with Crippen LogP contribution >= 0.6 is 0 Å². The molecule has 2 aromatic carbocycles. The molecule has 6 heteroatoms. The molecule has 0 spiro atoms. The fourth-order valence-electron chi connectivity index (χ4n) is 2.32. The van der Waals surface area contributed by atoms with Gasteiger partial charge in [0.2, 0.25) is 0 Å². The van der Waals surface area contributed by atoms with E-state index >= 15 is 0 Å². The molecule has 2 rings (SSSR count).